The number of hydrogen-bond donors (Lipinski definition) is 3. The van der Waals surface area contributed by atoms with Crippen LogP contribution in [0.25, 0.3) is 0 Å². The number of carbonyl (C=O) groups is 3. The molecule has 0 aromatic heterocycles. The molecule has 9 nitrogen and oxygen atoms in total. The van der Waals surface area contributed by atoms with Crippen molar-refractivity contribution in [1.29, 1.82) is 0 Å². The van der Waals surface area contributed by atoms with Crippen molar-refractivity contribution in [2.45, 2.75) is 45.4 Å². The van der Waals surface area contributed by atoms with E-state index in [0.29, 0.717) is 19.3 Å². The quantitative estimate of drug-likeness (QED) is 0.103. The molecule has 1 atom stereocenters. The summed E-state index contributed by atoms with van der Waals surface area (Å²) < 4.78 is 15.7. The molecule has 0 heterocycles. The maximum atomic E-state index is 11.7. The Hall–Kier alpha value is -2.49. The molecular formula is C25H40O9. The third-order valence-corrected chi connectivity index (χ3v) is 5.89. The van der Waals surface area contributed by atoms with E-state index >= 15 is 0 Å². The molecule has 3 N–H and O–H groups in total. The topological polar surface area (TPSA) is 140 Å². The standard InChI is InChI=1S/C25H40O9/c1-5-21(29)32-17-25(18-33-22(30)6-2,19-34-23(31)7-3)12-9-8-10-20(4)11-13-24(14-26,15-27)16-28/h5-7,20,26-28H,1-3,8-19H2,4H3. The number of esters is 3. The lowest BCUT2D eigenvalue weighted by Crippen LogP contribution is -2.39. The van der Waals surface area contributed by atoms with Crippen LogP contribution in [0.1, 0.15) is 45.4 Å². The zero-order valence-corrected chi connectivity index (χ0v) is 20.2. The Bertz CT molecular complexity index is 599. The van der Waals surface area contributed by atoms with Crippen molar-refractivity contribution in [1.82, 2.24) is 0 Å². The fourth-order valence-corrected chi connectivity index (χ4v) is 3.27. The number of hydrogen-bond acceptors (Lipinski definition) is 9. The average Bonchev–Trinajstić information content (AvgIpc) is 2.87. The number of rotatable bonds is 20. The molecule has 0 aliphatic rings. The van der Waals surface area contributed by atoms with Crippen molar-refractivity contribution in [3.05, 3.63) is 38.0 Å². The van der Waals surface area contributed by atoms with Gasteiger partial charge >= 0.3 is 17.9 Å². The molecule has 9 heteroatoms. The van der Waals surface area contributed by atoms with E-state index < -0.39 is 28.7 Å². The van der Waals surface area contributed by atoms with E-state index in [-0.39, 0.29) is 45.6 Å². The van der Waals surface area contributed by atoms with Crippen molar-refractivity contribution < 1.29 is 43.9 Å². The van der Waals surface area contributed by atoms with Gasteiger partial charge < -0.3 is 29.5 Å². The van der Waals surface area contributed by atoms with Crippen molar-refractivity contribution in [2.24, 2.45) is 16.7 Å². The van der Waals surface area contributed by atoms with Crippen LogP contribution in [-0.4, -0.2) is 72.9 Å². The van der Waals surface area contributed by atoms with Crippen LogP contribution >= 0.6 is 0 Å². The fraction of sp³-hybridized carbons (Fsp3) is 0.640. The minimum Gasteiger partial charge on any atom is -0.462 e. The SMILES string of the molecule is C=CC(=O)OCC(CCCCC(C)CCC(CO)(CO)CO)(COC(=O)C=C)COC(=O)C=C. The summed E-state index contributed by atoms with van der Waals surface area (Å²) in [5.74, 6) is -1.68. The number of aliphatic hydroxyl groups is 3. The van der Waals surface area contributed by atoms with Gasteiger partial charge in [-0.15, -0.1) is 0 Å². The first-order chi connectivity index (χ1) is 16.1. The zero-order chi connectivity index (χ0) is 26.0. The van der Waals surface area contributed by atoms with E-state index in [1.54, 1.807) is 0 Å². The Morgan fingerprint density at radius 1 is 0.706 bits per heavy atom. The summed E-state index contributed by atoms with van der Waals surface area (Å²) in [4.78, 5) is 35.0. The van der Waals surface area contributed by atoms with E-state index in [4.69, 9.17) is 14.2 Å². The lowest BCUT2D eigenvalue weighted by atomic mass is 9.81. The van der Waals surface area contributed by atoms with Gasteiger partial charge in [0, 0.05) is 23.6 Å². The third-order valence-electron chi connectivity index (χ3n) is 5.89. The second-order valence-electron chi connectivity index (χ2n) is 8.80. The van der Waals surface area contributed by atoms with Gasteiger partial charge in [0.15, 0.2) is 0 Å². The summed E-state index contributed by atoms with van der Waals surface area (Å²) in [6.45, 7) is 10.9. The second-order valence-corrected chi connectivity index (χ2v) is 8.80. The molecule has 0 aromatic rings. The molecule has 194 valence electrons. The summed E-state index contributed by atoms with van der Waals surface area (Å²) in [6.07, 6.45) is 6.99. The molecule has 0 aromatic carbocycles. The average molecular weight is 485 g/mol. The highest BCUT2D eigenvalue weighted by Gasteiger charge is 2.35. The molecule has 0 amide bonds. The highest BCUT2D eigenvalue weighted by molar-refractivity contribution is 5.82. The summed E-state index contributed by atoms with van der Waals surface area (Å²) >= 11 is 0. The number of ether oxygens (including phenoxy) is 3. The maximum Gasteiger partial charge on any atom is 0.330 e. The highest BCUT2D eigenvalue weighted by Crippen LogP contribution is 2.30. The van der Waals surface area contributed by atoms with Crippen LogP contribution in [0.4, 0.5) is 0 Å². The van der Waals surface area contributed by atoms with E-state index in [1.165, 1.54) is 0 Å². The Kier molecular flexibility index (Phi) is 15.8. The monoisotopic (exact) mass is 484 g/mol. The molecule has 0 radical (unpaired) electrons. The lowest BCUT2D eigenvalue weighted by Gasteiger charge is -2.32. The first-order valence-electron chi connectivity index (χ1n) is 11.4. The van der Waals surface area contributed by atoms with Crippen molar-refractivity contribution in [3.63, 3.8) is 0 Å². The van der Waals surface area contributed by atoms with Crippen LogP contribution < -0.4 is 0 Å². The number of unbranched alkanes of at least 4 members (excludes halogenated alkanes) is 1. The highest BCUT2D eigenvalue weighted by atomic mass is 16.6. The van der Waals surface area contributed by atoms with Gasteiger partial charge in [-0.1, -0.05) is 45.9 Å². The van der Waals surface area contributed by atoms with Crippen molar-refractivity contribution in [2.75, 3.05) is 39.6 Å². The van der Waals surface area contributed by atoms with Gasteiger partial charge in [0.1, 0.15) is 19.8 Å². The molecule has 0 rings (SSSR count). The van der Waals surface area contributed by atoms with E-state index in [2.05, 4.69) is 19.7 Å². The summed E-state index contributed by atoms with van der Waals surface area (Å²) in [5.41, 5.74) is -1.85. The largest absolute Gasteiger partial charge is 0.462 e. The van der Waals surface area contributed by atoms with Gasteiger partial charge in [0.2, 0.25) is 0 Å². The van der Waals surface area contributed by atoms with Gasteiger partial charge in [-0.05, 0) is 25.2 Å². The fourth-order valence-electron chi connectivity index (χ4n) is 3.27. The molecule has 0 saturated heterocycles. The van der Waals surface area contributed by atoms with Crippen LogP contribution in [0, 0.1) is 16.7 Å². The van der Waals surface area contributed by atoms with Crippen LogP contribution in [0.15, 0.2) is 38.0 Å². The minimum absolute atomic E-state index is 0.145. The van der Waals surface area contributed by atoms with Crippen LogP contribution in [0.3, 0.4) is 0 Å². The molecule has 1 unspecified atom stereocenters. The molecule has 0 spiro atoms. The van der Waals surface area contributed by atoms with E-state index in [9.17, 15) is 29.7 Å². The van der Waals surface area contributed by atoms with Crippen molar-refractivity contribution >= 4 is 17.9 Å². The summed E-state index contributed by atoms with van der Waals surface area (Å²) in [7, 11) is 0. The Morgan fingerprint density at radius 2 is 1.12 bits per heavy atom. The predicted octanol–water partition coefficient (Wildman–Crippen LogP) is 2.10. The predicted molar refractivity (Wildman–Crippen MR) is 126 cm³/mol. The zero-order valence-electron chi connectivity index (χ0n) is 20.2. The third kappa shape index (κ3) is 12.1. The molecule has 0 aliphatic carbocycles. The van der Waals surface area contributed by atoms with Crippen molar-refractivity contribution in [3.8, 4) is 0 Å². The van der Waals surface area contributed by atoms with Gasteiger partial charge in [-0.3, -0.25) is 0 Å². The van der Waals surface area contributed by atoms with E-state index in [1.807, 2.05) is 6.92 Å². The van der Waals surface area contributed by atoms with Gasteiger partial charge in [-0.2, -0.15) is 0 Å². The normalized spacial score (nSPS) is 12.4. The van der Waals surface area contributed by atoms with Gasteiger partial charge in [0.05, 0.1) is 25.2 Å². The smallest absolute Gasteiger partial charge is 0.330 e. The molecule has 0 aliphatic heterocycles. The van der Waals surface area contributed by atoms with Crippen LogP contribution in [-0.2, 0) is 28.6 Å². The first kappa shape index (κ1) is 31.5. The molecule has 34 heavy (non-hydrogen) atoms. The number of carbonyl (C=O) groups excluding carboxylic acids is 3. The summed E-state index contributed by atoms with van der Waals surface area (Å²) in [6, 6.07) is 0. The van der Waals surface area contributed by atoms with Crippen LogP contribution in [0.2, 0.25) is 0 Å². The number of aliphatic hydroxyl groups excluding tert-OH is 3. The van der Waals surface area contributed by atoms with Gasteiger partial charge in [-0.25, -0.2) is 14.4 Å². The minimum atomic E-state index is -0.959. The maximum absolute atomic E-state index is 11.7. The summed E-state index contributed by atoms with van der Waals surface area (Å²) in [5, 5.41) is 28.4. The Morgan fingerprint density at radius 3 is 1.47 bits per heavy atom. The molecule has 0 fully saturated rings. The Balaban J connectivity index is 5.13. The lowest BCUT2D eigenvalue weighted by molar-refractivity contribution is -0.156. The van der Waals surface area contributed by atoms with E-state index in [0.717, 1.165) is 37.5 Å². The van der Waals surface area contributed by atoms with Crippen LogP contribution in [0.5, 0.6) is 0 Å². The molecule has 0 bridgehead atoms. The molecular weight excluding hydrogens is 444 g/mol. The van der Waals surface area contributed by atoms with Gasteiger partial charge in [0.25, 0.3) is 0 Å². The molecule has 0 saturated carbocycles. The first-order valence-corrected chi connectivity index (χ1v) is 11.4. The second kappa shape index (κ2) is 17.0. The Labute approximate surface area is 202 Å².